The lowest BCUT2D eigenvalue weighted by Gasteiger charge is -2.23. The second kappa shape index (κ2) is 10.4. The summed E-state index contributed by atoms with van der Waals surface area (Å²) in [7, 11) is 0. The number of rotatable bonds is 8. The first-order valence-electron chi connectivity index (χ1n) is 12.6. The van der Waals surface area contributed by atoms with Gasteiger partial charge in [0.1, 0.15) is 22.6 Å². The molecular formula is C28H29N3O6S. The number of hydrogen-bond donors (Lipinski definition) is 1. The highest BCUT2D eigenvalue weighted by atomic mass is 32.1. The van der Waals surface area contributed by atoms with E-state index in [4.69, 9.17) is 14.2 Å². The van der Waals surface area contributed by atoms with Gasteiger partial charge in [0, 0.05) is 12.0 Å². The molecule has 1 aromatic heterocycles. The van der Waals surface area contributed by atoms with Crippen molar-refractivity contribution >= 4 is 33.9 Å². The van der Waals surface area contributed by atoms with Crippen LogP contribution in [0.3, 0.4) is 0 Å². The lowest BCUT2D eigenvalue weighted by atomic mass is 9.94. The van der Waals surface area contributed by atoms with Gasteiger partial charge in [0.2, 0.25) is 5.13 Å². The Morgan fingerprint density at radius 3 is 2.66 bits per heavy atom. The van der Waals surface area contributed by atoms with Crippen molar-refractivity contribution in [3.05, 3.63) is 63.7 Å². The Labute approximate surface area is 224 Å². The second-order valence-corrected chi connectivity index (χ2v) is 10.4. The van der Waals surface area contributed by atoms with Crippen molar-refractivity contribution in [3.8, 4) is 17.2 Å². The number of carbonyl (C=O) groups is 2. The summed E-state index contributed by atoms with van der Waals surface area (Å²) in [4.78, 5) is 28.2. The molecule has 1 fully saturated rings. The van der Waals surface area contributed by atoms with Crippen LogP contribution in [-0.4, -0.2) is 46.3 Å². The number of carbonyl (C=O) groups excluding carboxylic acids is 2. The van der Waals surface area contributed by atoms with Gasteiger partial charge >= 0.3 is 5.91 Å². The smallest absolute Gasteiger partial charge is 0.301 e. The molecule has 1 saturated heterocycles. The summed E-state index contributed by atoms with van der Waals surface area (Å²) in [5.74, 6) is -0.0389. The van der Waals surface area contributed by atoms with Gasteiger partial charge in [-0.3, -0.25) is 14.5 Å². The predicted molar refractivity (Wildman–Crippen MR) is 143 cm³/mol. The Balaban J connectivity index is 1.67. The van der Waals surface area contributed by atoms with Crippen LogP contribution in [-0.2, 0) is 16.0 Å². The molecule has 1 amide bonds. The number of hydrogen-bond acceptors (Lipinski definition) is 9. The Morgan fingerprint density at radius 1 is 1.13 bits per heavy atom. The first kappa shape index (κ1) is 25.7. The van der Waals surface area contributed by atoms with Gasteiger partial charge in [-0.25, -0.2) is 0 Å². The first-order valence-corrected chi connectivity index (χ1v) is 13.4. The minimum atomic E-state index is -0.940. The van der Waals surface area contributed by atoms with E-state index < -0.39 is 17.7 Å². The zero-order valence-electron chi connectivity index (χ0n) is 21.7. The SMILES string of the molecule is CCCOc1ccc([C@@H]2C(=C(O)c3ccc4c(c3)C[C@H](C)O4)C(=O)C(=O)N2c2nnc(C)s2)cc1OCC. The van der Waals surface area contributed by atoms with Crippen molar-refractivity contribution in [1.29, 1.82) is 0 Å². The lowest BCUT2D eigenvalue weighted by molar-refractivity contribution is -0.132. The third-order valence-corrected chi connectivity index (χ3v) is 7.22. The van der Waals surface area contributed by atoms with Gasteiger partial charge in [-0.2, -0.15) is 0 Å². The number of aliphatic hydroxyl groups is 1. The van der Waals surface area contributed by atoms with E-state index in [0.29, 0.717) is 47.3 Å². The van der Waals surface area contributed by atoms with Crippen molar-refractivity contribution in [2.45, 2.75) is 52.7 Å². The fourth-order valence-electron chi connectivity index (χ4n) is 4.75. The zero-order valence-corrected chi connectivity index (χ0v) is 22.5. The van der Waals surface area contributed by atoms with Crippen LogP contribution < -0.4 is 19.1 Å². The van der Waals surface area contributed by atoms with Gasteiger partial charge in [-0.1, -0.05) is 24.3 Å². The van der Waals surface area contributed by atoms with E-state index in [2.05, 4.69) is 10.2 Å². The normalized spacial score (nSPS) is 19.9. The van der Waals surface area contributed by atoms with Gasteiger partial charge in [0.25, 0.3) is 5.78 Å². The third kappa shape index (κ3) is 4.60. The topological polar surface area (TPSA) is 111 Å². The monoisotopic (exact) mass is 535 g/mol. The maximum absolute atomic E-state index is 13.5. The summed E-state index contributed by atoms with van der Waals surface area (Å²) >= 11 is 1.20. The molecule has 0 spiro atoms. The summed E-state index contributed by atoms with van der Waals surface area (Å²) < 4.78 is 17.5. The van der Waals surface area contributed by atoms with Gasteiger partial charge in [0.05, 0.1) is 24.8 Å². The average Bonchev–Trinajstić information content (AvgIpc) is 3.57. The van der Waals surface area contributed by atoms with Crippen LogP contribution in [0.4, 0.5) is 5.13 Å². The van der Waals surface area contributed by atoms with Crippen molar-refractivity contribution in [1.82, 2.24) is 10.2 Å². The summed E-state index contributed by atoms with van der Waals surface area (Å²) in [5.41, 5.74) is 1.91. The van der Waals surface area contributed by atoms with Crippen LogP contribution in [0.5, 0.6) is 17.2 Å². The van der Waals surface area contributed by atoms with Crippen LogP contribution in [0.25, 0.3) is 5.76 Å². The number of nitrogens with zero attached hydrogens (tertiary/aromatic N) is 3. The Morgan fingerprint density at radius 2 is 1.95 bits per heavy atom. The van der Waals surface area contributed by atoms with Gasteiger partial charge < -0.3 is 19.3 Å². The summed E-state index contributed by atoms with van der Waals surface area (Å²) in [6.07, 6.45) is 1.54. The quantitative estimate of drug-likeness (QED) is 0.244. The molecule has 38 heavy (non-hydrogen) atoms. The molecule has 5 rings (SSSR count). The fourth-order valence-corrected chi connectivity index (χ4v) is 5.46. The second-order valence-electron chi connectivity index (χ2n) is 9.22. The van der Waals surface area contributed by atoms with Crippen LogP contribution in [0, 0.1) is 6.92 Å². The molecule has 2 aliphatic heterocycles. The molecule has 0 unspecified atom stereocenters. The number of ketones is 1. The highest BCUT2D eigenvalue weighted by Gasteiger charge is 2.48. The summed E-state index contributed by atoms with van der Waals surface area (Å²) in [5, 5.41) is 20.6. The standard InChI is InChI=1S/C28H29N3O6S/c1-5-11-36-21-10-7-17(14-22(21)35-6-2)24-23(26(33)27(34)31(24)28-30-29-16(4)38-28)25(32)18-8-9-20-19(13-18)12-15(3)37-20/h7-10,13-15,24,32H,5-6,11-12H2,1-4H3/t15-,24+/m0/s1. The molecule has 3 aromatic rings. The van der Waals surface area contributed by atoms with Gasteiger partial charge in [-0.15, -0.1) is 10.2 Å². The Bertz CT molecular complexity index is 1430. The third-order valence-electron chi connectivity index (χ3n) is 6.38. The summed E-state index contributed by atoms with van der Waals surface area (Å²) in [6, 6.07) is 9.62. The van der Waals surface area contributed by atoms with Crippen molar-refractivity contribution < 1.29 is 28.9 Å². The number of aliphatic hydroxyl groups excluding tert-OH is 1. The molecule has 2 atom stereocenters. The summed E-state index contributed by atoms with van der Waals surface area (Å²) in [6.45, 7) is 8.54. The van der Waals surface area contributed by atoms with E-state index in [0.717, 1.165) is 17.7 Å². The molecule has 2 aliphatic rings. The number of Topliss-reactive ketones (excluding diaryl/α,β-unsaturated/α-hetero) is 1. The van der Waals surface area contributed by atoms with Gasteiger partial charge in [-0.05, 0) is 68.7 Å². The maximum atomic E-state index is 13.5. The minimum absolute atomic E-state index is 0.0269. The average molecular weight is 536 g/mol. The number of fused-ring (bicyclic) bond motifs is 1. The van der Waals surface area contributed by atoms with Crippen LogP contribution in [0.15, 0.2) is 42.0 Å². The number of amides is 1. The van der Waals surface area contributed by atoms with Gasteiger partial charge in [0.15, 0.2) is 11.5 Å². The number of aryl methyl sites for hydroxylation is 1. The molecular weight excluding hydrogens is 506 g/mol. The molecule has 10 heteroatoms. The van der Waals surface area contributed by atoms with Crippen molar-refractivity contribution in [2.24, 2.45) is 0 Å². The van der Waals surface area contributed by atoms with E-state index >= 15 is 0 Å². The van der Waals surface area contributed by atoms with Crippen LogP contribution >= 0.6 is 11.3 Å². The predicted octanol–water partition coefficient (Wildman–Crippen LogP) is 4.98. The number of aromatic nitrogens is 2. The molecule has 198 valence electrons. The molecule has 0 radical (unpaired) electrons. The number of ether oxygens (including phenoxy) is 3. The molecule has 0 aliphatic carbocycles. The van der Waals surface area contributed by atoms with Crippen LogP contribution in [0.1, 0.15) is 54.9 Å². The fraction of sp³-hybridized carbons (Fsp3) is 0.357. The maximum Gasteiger partial charge on any atom is 0.301 e. The lowest BCUT2D eigenvalue weighted by Crippen LogP contribution is -2.29. The number of anilines is 1. The zero-order chi connectivity index (χ0) is 27.0. The molecule has 0 bridgehead atoms. The van der Waals surface area contributed by atoms with E-state index in [1.165, 1.54) is 16.2 Å². The van der Waals surface area contributed by atoms with Crippen molar-refractivity contribution in [3.63, 3.8) is 0 Å². The van der Waals surface area contributed by atoms with Crippen molar-refractivity contribution in [2.75, 3.05) is 18.1 Å². The molecule has 0 saturated carbocycles. The largest absolute Gasteiger partial charge is 0.507 e. The van der Waals surface area contributed by atoms with E-state index in [9.17, 15) is 14.7 Å². The molecule has 3 heterocycles. The minimum Gasteiger partial charge on any atom is -0.507 e. The van der Waals surface area contributed by atoms with E-state index in [1.54, 1.807) is 43.3 Å². The Kier molecular flexibility index (Phi) is 7.07. The number of benzene rings is 2. The molecule has 2 aromatic carbocycles. The van der Waals surface area contributed by atoms with Crippen LogP contribution in [0.2, 0.25) is 0 Å². The first-order chi connectivity index (χ1) is 18.3. The molecule has 1 N–H and O–H groups in total. The molecule has 9 nitrogen and oxygen atoms in total. The highest BCUT2D eigenvalue weighted by Crippen LogP contribution is 2.45. The highest BCUT2D eigenvalue weighted by molar-refractivity contribution is 7.15. The van der Waals surface area contributed by atoms with E-state index in [1.807, 2.05) is 20.8 Å². The Hall–Kier alpha value is -3.92. The van der Waals surface area contributed by atoms with E-state index in [-0.39, 0.29) is 22.6 Å².